The van der Waals surface area contributed by atoms with Gasteiger partial charge in [-0.15, -0.1) is 0 Å². The summed E-state index contributed by atoms with van der Waals surface area (Å²) in [6.07, 6.45) is 1.66. The van der Waals surface area contributed by atoms with Crippen LogP contribution in [-0.4, -0.2) is 6.21 Å². The highest BCUT2D eigenvalue weighted by molar-refractivity contribution is 5.82. The second-order valence-electron chi connectivity index (χ2n) is 5.73. The SMILES string of the molecule is CC(C)(C)c1ccc(-c2cccc(C=NN)c2)cc1. The van der Waals surface area contributed by atoms with E-state index in [2.05, 4.69) is 62.3 Å². The van der Waals surface area contributed by atoms with E-state index < -0.39 is 0 Å². The van der Waals surface area contributed by atoms with Gasteiger partial charge in [-0.2, -0.15) is 5.10 Å². The first-order valence-corrected chi connectivity index (χ1v) is 6.45. The van der Waals surface area contributed by atoms with Crippen molar-refractivity contribution in [1.82, 2.24) is 0 Å². The van der Waals surface area contributed by atoms with Gasteiger partial charge in [-0.3, -0.25) is 0 Å². The number of nitrogens with zero attached hydrogens (tertiary/aromatic N) is 1. The fourth-order valence-corrected chi connectivity index (χ4v) is 2.05. The number of benzene rings is 2. The van der Waals surface area contributed by atoms with Crippen molar-refractivity contribution in [3.63, 3.8) is 0 Å². The van der Waals surface area contributed by atoms with E-state index in [1.165, 1.54) is 16.7 Å². The van der Waals surface area contributed by atoms with Gasteiger partial charge in [0, 0.05) is 0 Å². The highest BCUT2D eigenvalue weighted by Crippen LogP contribution is 2.26. The van der Waals surface area contributed by atoms with Crippen molar-refractivity contribution >= 4 is 6.21 Å². The third kappa shape index (κ3) is 3.22. The molecular formula is C17H20N2. The normalized spacial score (nSPS) is 11.9. The number of rotatable bonds is 2. The van der Waals surface area contributed by atoms with E-state index in [0.29, 0.717) is 0 Å². The zero-order valence-electron chi connectivity index (χ0n) is 11.7. The highest BCUT2D eigenvalue weighted by Gasteiger charge is 2.12. The standard InChI is InChI=1S/C17H20N2/c1-17(2,3)16-9-7-14(8-10-16)15-6-4-5-13(11-15)12-19-18/h4-12H,18H2,1-3H3. The first-order valence-electron chi connectivity index (χ1n) is 6.45. The van der Waals surface area contributed by atoms with Crippen LogP contribution in [-0.2, 0) is 5.41 Å². The van der Waals surface area contributed by atoms with Crippen LogP contribution in [0.2, 0.25) is 0 Å². The van der Waals surface area contributed by atoms with Gasteiger partial charge in [0.25, 0.3) is 0 Å². The first kappa shape index (κ1) is 13.3. The van der Waals surface area contributed by atoms with Crippen molar-refractivity contribution in [2.45, 2.75) is 26.2 Å². The van der Waals surface area contributed by atoms with Gasteiger partial charge in [0.1, 0.15) is 0 Å². The van der Waals surface area contributed by atoms with Crippen molar-refractivity contribution in [3.8, 4) is 11.1 Å². The number of hydrogen-bond acceptors (Lipinski definition) is 2. The molecule has 0 spiro atoms. The molecule has 0 heterocycles. The smallest absolute Gasteiger partial charge is 0.0538 e. The molecule has 0 saturated heterocycles. The zero-order valence-corrected chi connectivity index (χ0v) is 11.7. The van der Waals surface area contributed by atoms with Crippen LogP contribution in [0.1, 0.15) is 31.9 Å². The van der Waals surface area contributed by atoms with Crippen LogP contribution in [0.5, 0.6) is 0 Å². The summed E-state index contributed by atoms with van der Waals surface area (Å²) in [5.74, 6) is 5.19. The highest BCUT2D eigenvalue weighted by atomic mass is 15.1. The van der Waals surface area contributed by atoms with Gasteiger partial charge < -0.3 is 5.84 Å². The molecule has 2 rings (SSSR count). The lowest BCUT2D eigenvalue weighted by molar-refractivity contribution is 0.590. The molecule has 0 aliphatic carbocycles. The number of nitrogens with two attached hydrogens (primary N) is 1. The molecule has 0 aliphatic heterocycles. The third-order valence-corrected chi connectivity index (χ3v) is 3.19. The van der Waals surface area contributed by atoms with Crippen LogP contribution in [0, 0.1) is 0 Å². The van der Waals surface area contributed by atoms with Crippen LogP contribution in [0.4, 0.5) is 0 Å². The lowest BCUT2D eigenvalue weighted by Gasteiger charge is -2.19. The number of hydrazone groups is 1. The Bertz CT molecular complexity index is 575. The van der Waals surface area contributed by atoms with E-state index in [9.17, 15) is 0 Å². The van der Waals surface area contributed by atoms with Crippen molar-refractivity contribution in [1.29, 1.82) is 0 Å². The second-order valence-corrected chi connectivity index (χ2v) is 5.73. The van der Waals surface area contributed by atoms with Crippen molar-refractivity contribution in [2.24, 2.45) is 10.9 Å². The van der Waals surface area contributed by atoms with E-state index in [4.69, 9.17) is 5.84 Å². The molecule has 0 aliphatic rings. The molecule has 0 aromatic heterocycles. The fourth-order valence-electron chi connectivity index (χ4n) is 2.05. The molecule has 2 heteroatoms. The van der Waals surface area contributed by atoms with E-state index in [1.807, 2.05) is 12.1 Å². The summed E-state index contributed by atoms with van der Waals surface area (Å²) in [4.78, 5) is 0. The van der Waals surface area contributed by atoms with Gasteiger partial charge in [0.05, 0.1) is 6.21 Å². The summed E-state index contributed by atoms with van der Waals surface area (Å²) in [5.41, 5.74) is 4.93. The molecule has 0 bridgehead atoms. The maximum atomic E-state index is 5.19. The average Bonchev–Trinajstić information content (AvgIpc) is 2.39. The van der Waals surface area contributed by atoms with Crippen molar-refractivity contribution < 1.29 is 0 Å². The van der Waals surface area contributed by atoms with Crippen LogP contribution in [0.25, 0.3) is 11.1 Å². The Labute approximate surface area is 115 Å². The molecule has 19 heavy (non-hydrogen) atoms. The monoisotopic (exact) mass is 252 g/mol. The minimum absolute atomic E-state index is 0.187. The predicted octanol–water partition coefficient (Wildman–Crippen LogP) is 3.94. The Morgan fingerprint density at radius 2 is 1.63 bits per heavy atom. The molecule has 0 fully saturated rings. The molecular weight excluding hydrogens is 232 g/mol. The summed E-state index contributed by atoms with van der Waals surface area (Å²) in [6.45, 7) is 6.67. The maximum Gasteiger partial charge on any atom is 0.0538 e. The van der Waals surface area contributed by atoms with E-state index in [1.54, 1.807) is 6.21 Å². The van der Waals surface area contributed by atoms with Crippen LogP contribution >= 0.6 is 0 Å². The van der Waals surface area contributed by atoms with E-state index >= 15 is 0 Å². The maximum absolute atomic E-state index is 5.19. The molecule has 0 radical (unpaired) electrons. The largest absolute Gasteiger partial charge is 0.323 e. The molecule has 98 valence electrons. The van der Waals surface area contributed by atoms with Crippen molar-refractivity contribution in [2.75, 3.05) is 0 Å². The molecule has 0 amide bonds. The molecule has 0 atom stereocenters. The van der Waals surface area contributed by atoms with Gasteiger partial charge in [0.15, 0.2) is 0 Å². The van der Waals surface area contributed by atoms with Gasteiger partial charge in [-0.1, -0.05) is 63.2 Å². The third-order valence-electron chi connectivity index (χ3n) is 3.19. The minimum Gasteiger partial charge on any atom is -0.323 e. The Morgan fingerprint density at radius 3 is 2.21 bits per heavy atom. The summed E-state index contributed by atoms with van der Waals surface area (Å²) in [5, 5.41) is 3.56. The molecule has 0 unspecified atom stereocenters. The van der Waals surface area contributed by atoms with Gasteiger partial charge in [-0.05, 0) is 33.7 Å². The fraction of sp³-hybridized carbons (Fsp3) is 0.235. The van der Waals surface area contributed by atoms with Crippen LogP contribution in [0.15, 0.2) is 53.6 Å². The van der Waals surface area contributed by atoms with Crippen LogP contribution < -0.4 is 5.84 Å². The Hall–Kier alpha value is -2.09. The lowest BCUT2D eigenvalue weighted by atomic mass is 9.86. The molecule has 2 N–H and O–H groups in total. The van der Waals surface area contributed by atoms with Gasteiger partial charge in [0.2, 0.25) is 0 Å². The Morgan fingerprint density at radius 1 is 0.947 bits per heavy atom. The lowest BCUT2D eigenvalue weighted by Crippen LogP contribution is -2.10. The molecule has 2 aromatic rings. The topological polar surface area (TPSA) is 38.4 Å². The Kier molecular flexibility index (Phi) is 3.70. The minimum atomic E-state index is 0.187. The Balaban J connectivity index is 2.34. The van der Waals surface area contributed by atoms with E-state index in [0.717, 1.165) is 5.56 Å². The van der Waals surface area contributed by atoms with Crippen molar-refractivity contribution in [3.05, 3.63) is 59.7 Å². The summed E-state index contributed by atoms with van der Waals surface area (Å²) >= 11 is 0. The van der Waals surface area contributed by atoms with Gasteiger partial charge >= 0.3 is 0 Å². The second kappa shape index (κ2) is 5.27. The molecule has 2 nitrogen and oxygen atoms in total. The summed E-state index contributed by atoms with van der Waals surface area (Å²) in [6, 6.07) is 16.9. The average molecular weight is 252 g/mol. The molecule has 0 saturated carbocycles. The molecule has 2 aromatic carbocycles. The van der Waals surface area contributed by atoms with E-state index in [-0.39, 0.29) is 5.41 Å². The zero-order chi connectivity index (χ0) is 13.9. The van der Waals surface area contributed by atoms with Crippen LogP contribution in [0.3, 0.4) is 0 Å². The summed E-state index contributed by atoms with van der Waals surface area (Å²) < 4.78 is 0. The first-order chi connectivity index (χ1) is 9.00. The van der Waals surface area contributed by atoms with Gasteiger partial charge in [-0.25, -0.2) is 0 Å². The summed E-state index contributed by atoms with van der Waals surface area (Å²) in [7, 11) is 0. The quantitative estimate of drug-likeness (QED) is 0.490. The number of hydrogen-bond donors (Lipinski definition) is 1. The predicted molar refractivity (Wildman–Crippen MR) is 82.4 cm³/mol.